The third kappa shape index (κ3) is 4.82. The first-order valence-corrected chi connectivity index (χ1v) is 12.5. The number of rotatable bonds is 5. The lowest BCUT2D eigenvalue weighted by atomic mass is 10.00. The number of anilines is 1. The molecule has 0 radical (unpaired) electrons. The van der Waals surface area contributed by atoms with E-state index in [2.05, 4.69) is 23.1 Å². The maximum Gasteiger partial charge on any atom is 0.282 e. The SMILES string of the molecule is CC(=O)N1CCN(c2ccc3c(c2)CCN(S(=O)(=O)N(C)Cc2cccc(C)c2)C3)CC1. The van der Waals surface area contributed by atoms with Gasteiger partial charge >= 0.3 is 0 Å². The average molecular weight is 457 g/mol. The second kappa shape index (κ2) is 9.21. The van der Waals surface area contributed by atoms with Gasteiger partial charge in [0, 0.05) is 65.5 Å². The molecule has 8 heteroatoms. The Morgan fingerprint density at radius 2 is 1.75 bits per heavy atom. The Labute approximate surface area is 191 Å². The van der Waals surface area contributed by atoms with Crippen LogP contribution in [0.1, 0.15) is 29.2 Å². The number of hydrogen-bond acceptors (Lipinski definition) is 4. The molecule has 172 valence electrons. The van der Waals surface area contributed by atoms with E-state index in [0.29, 0.717) is 26.1 Å². The molecule has 2 aliphatic rings. The quantitative estimate of drug-likeness (QED) is 0.693. The molecule has 0 aromatic heterocycles. The highest BCUT2D eigenvalue weighted by molar-refractivity contribution is 7.86. The van der Waals surface area contributed by atoms with Gasteiger partial charge in [0.25, 0.3) is 10.2 Å². The molecule has 1 saturated heterocycles. The van der Waals surface area contributed by atoms with Gasteiger partial charge in [0.2, 0.25) is 5.91 Å². The van der Waals surface area contributed by atoms with E-state index >= 15 is 0 Å². The van der Waals surface area contributed by atoms with Crippen LogP contribution in [0.2, 0.25) is 0 Å². The Balaban J connectivity index is 1.42. The number of fused-ring (bicyclic) bond motifs is 1. The lowest BCUT2D eigenvalue weighted by Crippen LogP contribution is -2.48. The fourth-order valence-corrected chi connectivity index (χ4v) is 5.86. The Morgan fingerprint density at radius 1 is 1.00 bits per heavy atom. The molecule has 0 N–H and O–H groups in total. The zero-order chi connectivity index (χ0) is 22.9. The second-order valence-electron chi connectivity index (χ2n) is 8.78. The van der Waals surface area contributed by atoms with Gasteiger partial charge in [-0.25, -0.2) is 0 Å². The van der Waals surface area contributed by atoms with E-state index in [4.69, 9.17) is 0 Å². The summed E-state index contributed by atoms with van der Waals surface area (Å²) in [5.74, 6) is 0.128. The van der Waals surface area contributed by atoms with Crippen LogP contribution in [0.15, 0.2) is 42.5 Å². The van der Waals surface area contributed by atoms with Crippen LogP contribution in [0.3, 0.4) is 0 Å². The van der Waals surface area contributed by atoms with Crippen molar-refractivity contribution in [2.45, 2.75) is 33.4 Å². The molecule has 1 amide bonds. The van der Waals surface area contributed by atoms with E-state index in [9.17, 15) is 13.2 Å². The van der Waals surface area contributed by atoms with E-state index in [-0.39, 0.29) is 5.91 Å². The molecular weight excluding hydrogens is 424 g/mol. The van der Waals surface area contributed by atoms with Gasteiger partial charge in [-0.2, -0.15) is 17.0 Å². The predicted octanol–water partition coefficient (Wildman–Crippen LogP) is 2.40. The van der Waals surface area contributed by atoms with E-state index in [1.807, 2.05) is 36.1 Å². The average Bonchev–Trinajstić information content (AvgIpc) is 2.78. The fourth-order valence-electron chi connectivity index (χ4n) is 4.53. The first-order chi connectivity index (χ1) is 15.2. The highest BCUT2D eigenvalue weighted by atomic mass is 32.2. The largest absolute Gasteiger partial charge is 0.368 e. The van der Waals surface area contributed by atoms with Crippen LogP contribution in [0, 0.1) is 6.92 Å². The second-order valence-corrected chi connectivity index (χ2v) is 10.8. The first-order valence-electron chi connectivity index (χ1n) is 11.1. The van der Waals surface area contributed by atoms with Crippen LogP contribution >= 0.6 is 0 Å². The summed E-state index contributed by atoms with van der Waals surface area (Å²) in [4.78, 5) is 15.7. The molecule has 0 unspecified atom stereocenters. The molecule has 0 aliphatic carbocycles. The van der Waals surface area contributed by atoms with Crippen molar-refractivity contribution in [1.29, 1.82) is 0 Å². The summed E-state index contributed by atoms with van der Waals surface area (Å²) in [6, 6.07) is 14.3. The van der Waals surface area contributed by atoms with Crippen LogP contribution in [0.5, 0.6) is 0 Å². The normalized spacial score (nSPS) is 17.5. The van der Waals surface area contributed by atoms with Crippen LogP contribution in [-0.2, 0) is 34.5 Å². The van der Waals surface area contributed by atoms with Crippen molar-refractivity contribution in [1.82, 2.24) is 13.5 Å². The number of amides is 1. The Hall–Kier alpha value is -2.42. The van der Waals surface area contributed by atoms with E-state index in [1.165, 1.54) is 9.87 Å². The molecule has 32 heavy (non-hydrogen) atoms. The molecular formula is C24H32N4O3S. The van der Waals surface area contributed by atoms with Crippen molar-refractivity contribution in [3.8, 4) is 0 Å². The maximum atomic E-state index is 13.2. The maximum absolute atomic E-state index is 13.2. The number of aryl methyl sites for hydroxylation is 1. The molecule has 0 atom stereocenters. The number of piperazine rings is 1. The minimum absolute atomic E-state index is 0.128. The number of carbonyl (C=O) groups is 1. The van der Waals surface area contributed by atoms with Crippen LogP contribution in [0.25, 0.3) is 0 Å². The molecule has 2 aromatic carbocycles. The minimum atomic E-state index is -3.54. The monoisotopic (exact) mass is 456 g/mol. The van der Waals surface area contributed by atoms with Crippen molar-refractivity contribution in [2.75, 3.05) is 44.7 Å². The summed E-state index contributed by atoms with van der Waals surface area (Å²) in [5.41, 5.74) is 5.54. The van der Waals surface area contributed by atoms with Gasteiger partial charge in [-0.15, -0.1) is 0 Å². The Morgan fingerprint density at radius 3 is 2.44 bits per heavy atom. The zero-order valence-electron chi connectivity index (χ0n) is 19.1. The van der Waals surface area contributed by atoms with Gasteiger partial charge in [-0.1, -0.05) is 35.9 Å². The van der Waals surface area contributed by atoms with Crippen molar-refractivity contribution < 1.29 is 13.2 Å². The van der Waals surface area contributed by atoms with Gasteiger partial charge in [-0.3, -0.25) is 4.79 Å². The predicted molar refractivity (Wildman–Crippen MR) is 127 cm³/mol. The number of carbonyl (C=O) groups excluding carboxylic acids is 1. The van der Waals surface area contributed by atoms with Crippen LogP contribution in [0.4, 0.5) is 5.69 Å². The third-order valence-electron chi connectivity index (χ3n) is 6.47. The molecule has 2 heterocycles. The lowest BCUT2D eigenvalue weighted by Gasteiger charge is -2.36. The van der Waals surface area contributed by atoms with Gasteiger partial charge < -0.3 is 9.80 Å². The summed E-state index contributed by atoms with van der Waals surface area (Å²) < 4.78 is 29.4. The van der Waals surface area contributed by atoms with Crippen molar-refractivity contribution in [3.63, 3.8) is 0 Å². The van der Waals surface area contributed by atoms with Gasteiger partial charge in [0.15, 0.2) is 0 Å². The third-order valence-corrected chi connectivity index (χ3v) is 8.35. The van der Waals surface area contributed by atoms with Crippen molar-refractivity contribution in [3.05, 3.63) is 64.7 Å². The highest BCUT2D eigenvalue weighted by Gasteiger charge is 2.30. The Kier molecular flexibility index (Phi) is 6.55. The topological polar surface area (TPSA) is 64.2 Å². The van der Waals surface area contributed by atoms with E-state index < -0.39 is 10.2 Å². The first kappa shape index (κ1) is 22.8. The lowest BCUT2D eigenvalue weighted by molar-refractivity contribution is -0.129. The van der Waals surface area contributed by atoms with Crippen LogP contribution < -0.4 is 4.90 Å². The van der Waals surface area contributed by atoms with Gasteiger partial charge in [0.1, 0.15) is 0 Å². The Bertz CT molecular complexity index is 1090. The molecule has 0 saturated carbocycles. The van der Waals surface area contributed by atoms with Gasteiger partial charge in [0.05, 0.1) is 0 Å². The number of benzene rings is 2. The van der Waals surface area contributed by atoms with Crippen molar-refractivity contribution >= 4 is 21.8 Å². The molecule has 0 spiro atoms. The molecule has 1 fully saturated rings. The molecule has 2 aliphatic heterocycles. The number of hydrogen-bond donors (Lipinski definition) is 0. The molecule has 2 aromatic rings. The van der Waals surface area contributed by atoms with Gasteiger partial charge in [-0.05, 0) is 42.2 Å². The fraction of sp³-hybridized carbons (Fsp3) is 0.458. The zero-order valence-corrected chi connectivity index (χ0v) is 19.9. The molecule has 7 nitrogen and oxygen atoms in total. The minimum Gasteiger partial charge on any atom is -0.368 e. The summed E-state index contributed by atoms with van der Waals surface area (Å²) in [6.45, 7) is 7.99. The smallest absolute Gasteiger partial charge is 0.282 e. The molecule has 0 bridgehead atoms. The summed E-state index contributed by atoms with van der Waals surface area (Å²) in [5, 5.41) is 0. The summed E-state index contributed by atoms with van der Waals surface area (Å²) >= 11 is 0. The van der Waals surface area contributed by atoms with E-state index in [0.717, 1.165) is 48.6 Å². The van der Waals surface area contributed by atoms with Crippen LogP contribution in [-0.4, -0.2) is 67.6 Å². The standard InChI is InChI=1S/C24H32N4O3S/c1-19-5-4-6-21(15-19)17-25(3)32(30,31)28-10-9-22-16-24(8-7-23(22)18-28)27-13-11-26(12-14-27)20(2)29/h4-8,15-16H,9-14,17-18H2,1-3H3. The highest BCUT2D eigenvalue weighted by Crippen LogP contribution is 2.27. The van der Waals surface area contributed by atoms with Crippen molar-refractivity contribution in [2.24, 2.45) is 0 Å². The van der Waals surface area contributed by atoms with E-state index in [1.54, 1.807) is 18.3 Å². The molecule has 4 rings (SSSR count). The summed E-state index contributed by atoms with van der Waals surface area (Å²) in [7, 11) is -1.89. The summed E-state index contributed by atoms with van der Waals surface area (Å²) in [6.07, 6.45) is 0.702. The number of nitrogens with zero attached hydrogens (tertiary/aromatic N) is 4.